The predicted molar refractivity (Wildman–Crippen MR) is 77.2 cm³/mol. The Morgan fingerprint density at radius 1 is 1.40 bits per heavy atom. The summed E-state index contributed by atoms with van der Waals surface area (Å²) >= 11 is 0. The van der Waals surface area contributed by atoms with Crippen LogP contribution in [0.4, 0.5) is 5.69 Å². The highest BCUT2D eigenvalue weighted by Gasteiger charge is 2.34. The van der Waals surface area contributed by atoms with Crippen LogP contribution in [0.3, 0.4) is 0 Å². The van der Waals surface area contributed by atoms with Crippen LogP contribution in [0.1, 0.15) is 34.5 Å². The molecule has 4 heteroatoms. The summed E-state index contributed by atoms with van der Waals surface area (Å²) in [7, 11) is 0. The van der Waals surface area contributed by atoms with Crippen molar-refractivity contribution in [1.29, 1.82) is 0 Å². The van der Waals surface area contributed by atoms with Crippen LogP contribution in [0, 0.1) is 6.92 Å². The first-order valence-corrected chi connectivity index (χ1v) is 6.84. The first-order valence-electron chi connectivity index (χ1n) is 6.84. The smallest absolute Gasteiger partial charge is 0.254 e. The number of carbonyl (C=O) groups is 1. The molecule has 2 N–H and O–H groups in total. The van der Waals surface area contributed by atoms with E-state index in [9.17, 15) is 4.79 Å². The maximum atomic E-state index is 12.7. The number of hydrogen-bond donors (Lipinski definition) is 1. The van der Waals surface area contributed by atoms with E-state index in [4.69, 9.17) is 10.2 Å². The van der Waals surface area contributed by atoms with Gasteiger partial charge in [-0.05, 0) is 55.7 Å². The highest BCUT2D eigenvalue weighted by atomic mass is 16.3. The Morgan fingerprint density at radius 2 is 2.20 bits per heavy atom. The Morgan fingerprint density at radius 3 is 2.80 bits per heavy atom. The molecule has 0 radical (unpaired) electrons. The fourth-order valence-corrected chi connectivity index (χ4v) is 2.40. The predicted octanol–water partition coefficient (Wildman–Crippen LogP) is 2.98. The van der Waals surface area contributed by atoms with Gasteiger partial charge in [0, 0.05) is 17.3 Å². The summed E-state index contributed by atoms with van der Waals surface area (Å²) in [5.74, 6) is 0.875. The van der Waals surface area contributed by atoms with Gasteiger partial charge in [0.15, 0.2) is 0 Å². The highest BCUT2D eigenvalue weighted by molar-refractivity contribution is 5.96. The summed E-state index contributed by atoms with van der Waals surface area (Å²) < 4.78 is 5.36. The van der Waals surface area contributed by atoms with Gasteiger partial charge in [-0.2, -0.15) is 0 Å². The van der Waals surface area contributed by atoms with Crippen molar-refractivity contribution >= 4 is 11.6 Å². The molecule has 1 aliphatic rings. The van der Waals surface area contributed by atoms with Crippen molar-refractivity contribution in [2.75, 3.05) is 5.73 Å². The molecule has 1 heterocycles. The number of amides is 1. The summed E-state index contributed by atoms with van der Waals surface area (Å²) in [5.41, 5.74) is 8.07. The molecule has 0 spiro atoms. The number of anilines is 1. The van der Waals surface area contributed by atoms with Crippen LogP contribution in [0.15, 0.2) is 41.0 Å². The number of hydrogen-bond acceptors (Lipinski definition) is 3. The molecule has 0 saturated heterocycles. The van der Waals surface area contributed by atoms with Gasteiger partial charge >= 0.3 is 0 Å². The largest absolute Gasteiger partial charge is 0.467 e. The van der Waals surface area contributed by atoms with Gasteiger partial charge in [0.25, 0.3) is 5.91 Å². The zero-order valence-corrected chi connectivity index (χ0v) is 11.5. The van der Waals surface area contributed by atoms with Crippen LogP contribution in [-0.4, -0.2) is 16.8 Å². The molecule has 1 saturated carbocycles. The molecule has 104 valence electrons. The fourth-order valence-electron chi connectivity index (χ4n) is 2.40. The molecule has 2 aromatic rings. The van der Waals surface area contributed by atoms with Crippen LogP contribution in [0.2, 0.25) is 0 Å². The third-order valence-electron chi connectivity index (χ3n) is 3.64. The second kappa shape index (κ2) is 5.04. The standard InChI is InChI=1S/C16H18N2O2/c1-11-9-12(17)4-7-15(11)16(19)18(13-5-6-13)10-14-3-2-8-20-14/h2-4,7-9,13H,5-6,10,17H2,1H3. The van der Waals surface area contributed by atoms with Gasteiger partial charge in [0.05, 0.1) is 12.8 Å². The molecule has 0 atom stereocenters. The Balaban J connectivity index is 1.85. The van der Waals surface area contributed by atoms with E-state index in [1.165, 1.54) is 0 Å². The molecule has 3 rings (SSSR count). The Labute approximate surface area is 118 Å². The SMILES string of the molecule is Cc1cc(N)ccc1C(=O)N(Cc1ccco1)C1CC1. The van der Waals surface area contributed by atoms with E-state index < -0.39 is 0 Å². The van der Waals surface area contributed by atoms with Gasteiger partial charge in [-0.3, -0.25) is 4.79 Å². The lowest BCUT2D eigenvalue weighted by molar-refractivity contribution is 0.0717. The summed E-state index contributed by atoms with van der Waals surface area (Å²) in [6, 6.07) is 9.51. The second-order valence-corrected chi connectivity index (χ2v) is 5.32. The van der Waals surface area contributed by atoms with E-state index in [1.54, 1.807) is 12.3 Å². The zero-order valence-electron chi connectivity index (χ0n) is 11.5. The van der Waals surface area contributed by atoms with Crippen LogP contribution in [-0.2, 0) is 6.54 Å². The van der Waals surface area contributed by atoms with Crippen LogP contribution in [0.5, 0.6) is 0 Å². The van der Waals surface area contributed by atoms with Crippen molar-refractivity contribution < 1.29 is 9.21 Å². The number of carbonyl (C=O) groups excluding carboxylic acids is 1. The Kier molecular flexibility index (Phi) is 3.22. The molecule has 1 aromatic heterocycles. The first kappa shape index (κ1) is 12.8. The molecule has 1 fully saturated rings. The fraction of sp³-hybridized carbons (Fsp3) is 0.312. The van der Waals surface area contributed by atoms with E-state index in [2.05, 4.69) is 0 Å². The molecule has 20 heavy (non-hydrogen) atoms. The maximum Gasteiger partial charge on any atom is 0.254 e. The van der Waals surface area contributed by atoms with Gasteiger partial charge in [-0.15, -0.1) is 0 Å². The molecule has 0 aliphatic heterocycles. The van der Waals surface area contributed by atoms with Gasteiger partial charge < -0.3 is 15.1 Å². The third-order valence-corrected chi connectivity index (χ3v) is 3.64. The number of nitrogens with two attached hydrogens (primary N) is 1. The number of furan rings is 1. The van der Waals surface area contributed by atoms with Crippen LogP contribution < -0.4 is 5.73 Å². The molecule has 4 nitrogen and oxygen atoms in total. The molecule has 0 bridgehead atoms. The summed E-state index contributed by atoms with van der Waals surface area (Å²) in [5, 5.41) is 0. The van der Waals surface area contributed by atoms with Gasteiger partial charge in [-0.25, -0.2) is 0 Å². The topological polar surface area (TPSA) is 59.5 Å². The molecule has 1 aliphatic carbocycles. The van der Waals surface area contributed by atoms with Crippen LogP contribution in [0.25, 0.3) is 0 Å². The third kappa shape index (κ3) is 2.54. The number of benzene rings is 1. The van der Waals surface area contributed by atoms with Gasteiger partial charge in [0.2, 0.25) is 0 Å². The van der Waals surface area contributed by atoms with Gasteiger partial charge in [-0.1, -0.05) is 0 Å². The number of rotatable bonds is 4. The number of nitrogens with zero attached hydrogens (tertiary/aromatic N) is 1. The Bertz CT molecular complexity index is 615. The average Bonchev–Trinajstić information content (AvgIpc) is 3.12. The second-order valence-electron chi connectivity index (χ2n) is 5.32. The minimum atomic E-state index is 0.0569. The lowest BCUT2D eigenvalue weighted by Gasteiger charge is -2.22. The average molecular weight is 270 g/mol. The number of nitrogen functional groups attached to an aromatic ring is 1. The van der Waals surface area contributed by atoms with Crippen LogP contribution >= 0.6 is 0 Å². The highest BCUT2D eigenvalue weighted by Crippen LogP contribution is 2.30. The van der Waals surface area contributed by atoms with E-state index in [0.717, 1.165) is 29.7 Å². The zero-order chi connectivity index (χ0) is 14.1. The van der Waals surface area contributed by atoms with Crippen molar-refractivity contribution in [2.45, 2.75) is 32.4 Å². The van der Waals surface area contributed by atoms with Gasteiger partial charge in [0.1, 0.15) is 5.76 Å². The normalized spacial score (nSPS) is 14.2. The molecule has 1 amide bonds. The number of aryl methyl sites for hydroxylation is 1. The molecular formula is C16H18N2O2. The van der Waals surface area contributed by atoms with Crippen molar-refractivity contribution in [3.05, 3.63) is 53.5 Å². The molecular weight excluding hydrogens is 252 g/mol. The summed E-state index contributed by atoms with van der Waals surface area (Å²) in [6.07, 6.45) is 3.78. The van der Waals surface area contributed by atoms with Crippen molar-refractivity contribution in [3.8, 4) is 0 Å². The lowest BCUT2D eigenvalue weighted by Crippen LogP contribution is -2.32. The van der Waals surface area contributed by atoms with E-state index >= 15 is 0 Å². The monoisotopic (exact) mass is 270 g/mol. The van der Waals surface area contributed by atoms with Crippen molar-refractivity contribution in [2.24, 2.45) is 0 Å². The van der Waals surface area contributed by atoms with E-state index in [1.807, 2.05) is 36.1 Å². The van der Waals surface area contributed by atoms with E-state index in [-0.39, 0.29) is 5.91 Å². The van der Waals surface area contributed by atoms with Crippen molar-refractivity contribution in [3.63, 3.8) is 0 Å². The Hall–Kier alpha value is -2.23. The van der Waals surface area contributed by atoms with E-state index in [0.29, 0.717) is 18.3 Å². The first-order chi connectivity index (χ1) is 9.65. The molecule has 0 unspecified atom stereocenters. The quantitative estimate of drug-likeness (QED) is 0.869. The summed E-state index contributed by atoms with van der Waals surface area (Å²) in [4.78, 5) is 14.6. The minimum Gasteiger partial charge on any atom is -0.467 e. The maximum absolute atomic E-state index is 12.7. The minimum absolute atomic E-state index is 0.0569. The molecule has 1 aromatic carbocycles. The lowest BCUT2D eigenvalue weighted by atomic mass is 10.1. The summed E-state index contributed by atoms with van der Waals surface area (Å²) in [6.45, 7) is 2.45. The van der Waals surface area contributed by atoms with Crippen molar-refractivity contribution in [1.82, 2.24) is 4.90 Å².